The van der Waals surface area contributed by atoms with Gasteiger partial charge in [-0.3, -0.25) is 14.4 Å². The smallest absolute Gasteiger partial charge is 0.336 e. The van der Waals surface area contributed by atoms with Gasteiger partial charge >= 0.3 is 5.97 Å². The van der Waals surface area contributed by atoms with Gasteiger partial charge in [0.1, 0.15) is 0 Å². The van der Waals surface area contributed by atoms with Crippen LogP contribution in [-0.4, -0.2) is 29.2 Å². The summed E-state index contributed by atoms with van der Waals surface area (Å²) in [7, 11) is 0. The number of hydrogen-bond donors (Lipinski definition) is 3. The molecule has 0 saturated carbocycles. The molecule has 7 aromatic carbocycles. The van der Waals surface area contributed by atoms with Crippen LogP contribution in [0, 0.1) is 13.8 Å². The summed E-state index contributed by atoms with van der Waals surface area (Å²) in [6.07, 6.45) is 0.739. The number of aromatic carboxylic acids is 1. The first kappa shape index (κ1) is 27.7. The van der Waals surface area contributed by atoms with Gasteiger partial charge in [0.25, 0.3) is 11.8 Å². The van der Waals surface area contributed by atoms with E-state index in [-0.39, 0.29) is 17.0 Å². The van der Waals surface area contributed by atoms with Gasteiger partial charge in [0.15, 0.2) is 6.29 Å². The van der Waals surface area contributed by atoms with Gasteiger partial charge in [0.05, 0.1) is 5.56 Å². The van der Waals surface area contributed by atoms with E-state index in [1.165, 1.54) is 6.07 Å². The number of aldehydes is 1. The van der Waals surface area contributed by atoms with Crippen molar-refractivity contribution in [3.05, 3.63) is 130 Å². The van der Waals surface area contributed by atoms with Crippen LogP contribution in [0.1, 0.15) is 52.6 Å². The molecule has 45 heavy (non-hydrogen) atoms. The Kier molecular flexibility index (Phi) is 6.52. The molecule has 0 heterocycles. The standard InChI is InChI=1S/C38H26N2O5/c1-20-3-8-23(9-4-20)39-36(42)29-16-13-26-28-15-18-31(38(44)45)35-30(37(43)40-24-10-5-21(2)6-11-24)17-14-27(34(28)35)25-12-7-22(19-41)32(29)33(25)26/h3-19H,1-2H3,(H,39,42)(H,40,43)(H,44,45). The minimum atomic E-state index is -1.15. The van der Waals surface area contributed by atoms with E-state index in [2.05, 4.69) is 10.6 Å². The minimum absolute atomic E-state index is 0.00274. The molecule has 0 aliphatic carbocycles. The topological polar surface area (TPSA) is 113 Å². The fourth-order valence-electron chi connectivity index (χ4n) is 6.24. The van der Waals surface area contributed by atoms with Crippen LogP contribution >= 0.6 is 0 Å². The Hall–Kier alpha value is -6.08. The predicted octanol–water partition coefficient (Wildman–Crippen LogP) is 8.37. The summed E-state index contributed by atoms with van der Waals surface area (Å²) in [5.74, 6) is -1.94. The highest BCUT2D eigenvalue weighted by molar-refractivity contribution is 6.38. The molecule has 0 bridgehead atoms. The maximum Gasteiger partial charge on any atom is 0.336 e. The number of benzene rings is 7. The number of carboxylic acids is 1. The van der Waals surface area contributed by atoms with Gasteiger partial charge in [-0.15, -0.1) is 0 Å². The van der Waals surface area contributed by atoms with Crippen LogP contribution < -0.4 is 10.6 Å². The molecule has 7 aromatic rings. The molecular formula is C38H26N2O5. The average molecular weight is 591 g/mol. The van der Waals surface area contributed by atoms with Crippen molar-refractivity contribution >= 4 is 78.5 Å². The van der Waals surface area contributed by atoms with Crippen LogP contribution in [0.2, 0.25) is 0 Å². The van der Waals surface area contributed by atoms with Crippen molar-refractivity contribution in [1.29, 1.82) is 0 Å². The van der Waals surface area contributed by atoms with Crippen LogP contribution in [0.5, 0.6) is 0 Å². The molecule has 7 nitrogen and oxygen atoms in total. The van der Waals surface area contributed by atoms with Crippen molar-refractivity contribution in [1.82, 2.24) is 0 Å². The molecule has 0 aliphatic heterocycles. The van der Waals surface area contributed by atoms with Gasteiger partial charge in [-0.05, 0) is 88.6 Å². The number of amides is 2. The lowest BCUT2D eigenvalue weighted by atomic mass is 9.84. The Balaban J connectivity index is 1.49. The zero-order chi connectivity index (χ0) is 31.4. The monoisotopic (exact) mass is 590 g/mol. The van der Waals surface area contributed by atoms with Crippen molar-refractivity contribution in [2.45, 2.75) is 13.8 Å². The third kappa shape index (κ3) is 4.53. The van der Waals surface area contributed by atoms with E-state index < -0.39 is 11.9 Å². The molecule has 218 valence electrons. The lowest BCUT2D eigenvalue weighted by Crippen LogP contribution is -2.14. The van der Waals surface area contributed by atoms with Gasteiger partial charge in [0.2, 0.25) is 0 Å². The maximum absolute atomic E-state index is 13.6. The number of anilines is 2. The molecule has 0 aliphatic rings. The molecule has 0 saturated heterocycles. The second-order valence-corrected chi connectivity index (χ2v) is 11.2. The minimum Gasteiger partial charge on any atom is -0.478 e. The Labute approximate surface area is 257 Å². The van der Waals surface area contributed by atoms with E-state index in [9.17, 15) is 24.3 Å². The number of rotatable bonds is 6. The Bertz CT molecular complexity index is 2340. The number of nitrogens with one attached hydrogen (secondary N) is 2. The van der Waals surface area contributed by atoms with Crippen LogP contribution in [0.15, 0.2) is 97.1 Å². The lowest BCUT2D eigenvalue weighted by Gasteiger charge is -2.19. The normalized spacial score (nSPS) is 11.3. The van der Waals surface area contributed by atoms with Crippen LogP contribution in [-0.2, 0) is 0 Å². The summed E-state index contributed by atoms with van der Waals surface area (Å²) in [6, 6.07) is 28.5. The molecule has 0 radical (unpaired) electrons. The summed E-state index contributed by atoms with van der Waals surface area (Å²) in [5.41, 5.74) is 4.27. The highest BCUT2D eigenvalue weighted by Crippen LogP contribution is 2.44. The first-order valence-corrected chi connectivity index (χ1v) is 14.4. The number of carboxylic acid groups (broad SMARTS) is 1. The quantitative estimate of drug-likeness (QED) is 0.102. The molecule has 0 aromatic heterocycles. The Morgan fingerprint density at radius 1 is 0.511 bits per heavy atom. The van der Waals surface area contributed by atoms with Gasteiger partial charge in [0, 0.05) is 38.8 Å². The van der Waals surface area contributed by atoms with E-state index in [0.717, 1.165) is 28.2 Å². The molecule has 2 amide bonds. The zero-order valence-electron chi connectivity index (χ0n) is 24.4. The first-order valence-electron chi connectivity index (χ1n) is 14.4. The average Bonchev–Trinajstić information content (AvgIpc) is 3.04. The summed E-state index contributed by atoms with van der Waals surface area (Å²) in [4.78, 5) is 52.1. The van der Waals surface area contributed by atoms with E-state index in [0.29, 0.717) is 54.8 Å². The van der Waals surface area contributed by atoms with E-state index in [1.54, 1.807) is 42.5 Å². The largest absolute Gasteiger partial charge is 0.478 e. The van der Waals surface area contributed by atoms with Gasteiger partial charge in [-0.1, -0.05) is 65.7 Å². The Morgan fingerprint density at radius 3 is 1.36 bits per heavy atom. The maximum atomic E-state index is 13.6. The van der Waals surface area contributed by atoms with Crippen molar-refractivity contribution in [2.75, 3.05) is 10.6 Å². The summed E-state index contributed by atoms with van der Waals surface area (Å²) < 4.78 is 0. The number of carbonyl (C=O) groups excluding carboxylic acids is 3. The molecule has 0 atom stereocenters. The second-order valence-electron chi connectivity index (χ2n) is 11.2. The fourth-order valence-corrected chi connectivity index (χ4v) is 6.24. The predicted molar refractivity (Wildman–Crippen MR) is 178 cm³/mol. The number of fused-ring (bicyclic) bond motifs is 2. The molecule has 0 spiro atoms. The van der Waals surface area contributed by atoms with Crippen LogP contribution in [0.25, 0.3) is 43.1 Å². The molecule has 7 heteroatoms. The molecule has 0 fully saturated rings. The molecule has 7 rings (SSSR count). The van der Waals surface area contributed by atoms with E-state index in [1.807, 2.05) is 62.4 Å². The van der Waals surface area contributed by atoms with Crippen molar-refractivity contribution < 1.29 is 24.3 Å². The highest BCUT2D eigenvalue weighted by Gasteiger charge is 2.24. The van der Waals surface area contributed by atoms with Crippen molar-refractivity contribution in [3.63, 3.8) is 0 Å². The summed E-state index contributed by atoms with van der Waals surface area (Å²) in [6.45, 7) is 3.91. The molecular weight excluding hydrogens is 564 g/mol. The second kappa shape index (κ2) is 10.6. The highest BCUT2D eigenvalue weighted by atomic mass is 16.4. The lowest BCUT2D eigenvalue weighted by molar-refractivity contribution is 0.0698. The number of carbonyl (C=O) groups is 4. The third-order valence-corrected chi connectivity index (χ3v) is 8.40. The van der Waals surface area contributed by atoms with E-state index in [4.69, 9.17) is 0 Å². The number of aryl methyl sites for hydroxylation is 2. The fraction of sp³-hybridized carbons (Fsp3) is 0.0526. The van der Waals surface area contributed by atoms with Crippen LogP contribution in [0.4, 0.5) is 11.4 Å². The van der Waals surface area contributed by atoms with Crippen LogP contribution in [0.3, 0.4) is 0 Å². The van der Waals surface area contributed by atoms with E-state index >= 15 is 0 Å². The third-order valence-electron chi connectivity index (χ3n) is 8.40. The van der Waals surface area contributed by atoms with Gasteiger partial charge < -0.3 is 15.7 Å². The number of hydrogen-bond acceptors (Lipinski definition) is 4. The van der Waals surface area contributed by atoms with Crippen molar-refractivity contribution in [3.8, 4) is 0 Å². The van der Waals surface area contributed by atoms with Gasteiger partial charge in [-0.2, -0.15) is 0 Å². The SMILES string of the molecule is Cc1ccc(NC(=O)c2ccc3c4ccc(C(=O)O)c5c(C(=O)Nc6ccc(C)cc6)ccc(c6ccc(C=O)c2c36)c54)cc1. The summed E-state index contributed by atoms with van der Waals surface area (Å²) >= 11 is 0. The Morgan fingerprint density at radius 2 is 0.911 bits per heavy atom. The molecule has 3 N–H and O–H groups in total. The summed E-state index contributed by atoms with van der Waals surface area (Å²) in [5, 5.41) is 21.1. The zero-order valence-corrected chi connectivity index (χ0v) is 24.4. The first-order chi connectivity index (χ1) is 21.7. The van der Waals surface area contributed by atoms with Crippen molar-refractivity contribution in [2.24, 2.45) is 0 Å². The van der Waals surface area contributed by atoms with Gasteiger partial charge in [-0.25, -0.2) is 4.79 Å². The molecule has 0 unspecified atom stereocenters.